The molecule has 0 bridgehead atoms. The average molecular weight is 370 g/mol. The zero-order valence-corrected chi connectivity index (χ0v) is 16.6. The second kappa shape index (κ2) is 10.1. The van der Waals surface area contributed by atoms with Gasteiger partial charge in [0.15, 0.2) is 0 Å². The Morgan fingerprint density at radius 3 is 2.63 bits per heavy atom. The van der Waals surface area contributed by atoms with E-state index in [1.807, 2.05) is 17.0 Å². The number of nitrogens with zero attached hydrogens (tertiary/aromatic N) is 1. The van der Waals surface area contributed by atoms with Gasteiger partial charge in [-0.15, -0.1) is 0 Å². The molecule has 0 saturated carbocycles. The molecule has 1 saturated heterocycles. The Bertz CT molecular complexity index is 701. The number of rotatable bonds is 9. The number of likely N-dealkylation sites (tertiary alicyclic amines) is 1. The van der Waals surface area contributed by atoms with Crippen LogP contribution in [0.15, 0.2) is 48.1 Å². The number of allylic oxidation sites excluding steroid dienone is 3. The third-order valence-electron chi connectivity index (χ3n) is 5.05. The predicted molar refractivity (Wildman–Crippen MR) is 109 cm³/mol. The zero-order valence-electron chi connectivity index (χ0n) is 16.6. The van der Waals surface area contributed by atoms with Crippen molar-refractivity contribution in [3.8, 4) is 0 Å². The number of amides is 1. The van der Waals surface area contributed by atoms with Crippen molar-refractivity contribution < 1.29 is 14.7 Å². The largest absolute Gasteiger partial charge is 0.478 e. The summed E-state index contributed by atoms with van der Waals surface area (Å²) in [5, 5.41) is 8.96. The molecule has 1 atom stereocenters. The van der Waals surface area contributed by atoms with E-state index in [0.29, 0.717) is 18.9 Å². The molecule has 1 heterocycles. The lowest BCUT2D eigenvalue weighted by molar-refractivity contribution is -0.128. The van der Waals surface area contributed by atoms with Crippen LogP contribution in [-0.4, -0.2) is 34.5 Å². The summed E-state index contributed by atoms with van der Waals surface area (Å²) >= 11 is 0. The SMILES string of the molecule is C/C(=C\C=C\[C@H]1CCC(=O)N1CCc1ccc(C(=O)O)cc1)CCC(C)C. The van der Waals surface area contributed by atoms with Gasteiger partial charge in [0.25, 0.3) is 0 Å². The van der Waals surface area contributed by atoms with Crippen LogP contribution in [0.5, 0.6) is 0 Å². The van der Waals surface area contributed by atoms with Crippen LogP contribution in [0.1, 0.15) is 62.4 Å². The summed E-state index contributed by atoms with van der Waals surface area (Å²) in [5.41, 5.74) is 2.71. The van der Waals surface area contributed by atoms with Crippen molar-refractivity contribution in [3.05, 3.63) is 59.2 Å². The highest BCUT2D eigenvalue weighted by molar-refractivity contribution is 5.87. The Hall–Kier alpha value is -2.36. The summed E-state index contributed by atoms with van der Waals surface area (Å²) in [7, 11) is 0. The number of aromatic carboxylic acids is 1. The van der Waals surface area contributed by atoms with Gasteiger partial charge in [-0.1, -0.05) is 49.8 Å². The second-order valence-corrected chi connectivity index (χ2v) is 7.78. The molecular formula is C23H31NO3. The van der Waals surface area contributed by atoms with Crippen molar-refractivity contribution >= 4 is 11.9 Å². The van der Waals surface area contributed by atoms with Crippen LogP contribution in [0.4, 0.5) is 0 Å². The van der Waals surface area contributed by atoms with E-state index in [2.05, 4.69) is 39.0 Å². The molecule has 1 N–H and O–H groups in total. The first-order valence-electron chi connectivity index (χ1n) is 9.82. The third kappa shape index (κ3) is 6.70. The van der Waals surface area contributed by atoms with Crippen LogP contribution in [0, 0.1) is 5.92 Å². The average Bonchev–Trinajstić information content (AvgIpc) is 2.98. The summed E-state index contributed by atoms with van der Waals surface area (Å²) in [6, 6.07) is 7.05. The Morgan fingerprint density at radius 2 is 2.00 bits per heavy atom. The lowest BCUT2D eigenvalue weighted by Gasteiger charge is -2.22. The van der Waals surface area contributed by atoms with Crippen molar-refractivity contribution in [3.63, 3.8) is 0 Å². The molecule has 2 rings (SSSR count). The molecule has 0 spiro atoms. The van der Waals surface area contributed by atoms with E-state index in [0.717, 1.165) is 24.8 Å². The fourth-order valence-electron chi connectivity index (χ4n) is 3.26. The van der Waals surface area contributed by atoms with Crippen LogP contribution in [0.25, 0.3) is 0 Å². The van der Waals surface area contributed by atoms with Gasteiger partial charge >= 0.3 is 5.97 Å². The smallest absolute Gasteiger partial charge is 0.335 e. The van der Waals surface area contributed by atoms with E-state index < -0.39 is 5.97 Å². The Morgan fingerprint density at radius 1 is 1.30 bits per heavy atom. The lowest BCUT2D eigenvalue weighted by Crippen LogP contribution is -2.33. The molecule has 0 radical (unpaired) electrons. The maximum absolute atomic E-state index is 12.2. The standard InChI is InChI=1S/C23H31NO3/c1-17(2)7-8-18(3)5-4-6-21-13-14-22(25)24(21)16-15-19-9-11-20(12-10-19)23(26)27/h4-6,9-12,17,21H,7-8,13-16H2,1-3H3,(H,26,27)/b6-4+,18-5+/t21-/m0/s1. The van der Waals surface area contributed by atoms with Gasteiger partial charge in [-0.3, -0.25) is 4.79 Å². The molecule has 0 aliphatic carbocycles. The number of benzene rings is 1. The Kier molecular flexibility index (Phi) is 7.83. The monoisotopic (exact) mass is 369 g/mol. The molecule has 1 aromatic rings. The van der Waals surface area contributed by atoms with Crippen molar-refractivity contribution in [2.75, 3.05) is 6.54 Å². The first-order valence-corrected chi connectivity index (χ1v) is 9.82. The van der Waals surface area contributed by atoms with Crippen LogP contribution in [-0.2, 0) is 11.2 Å². The fourth-order valence-corrected chi connectivity index (χ4v) is 3.26. The number of carbonyl (C=O) groups excluding carboxylic acids is 1. The Balaban J connectivity index is 1.90. The van der Waals surface area contributed by atoms with Crippen LogP contribution >= 0.6 is 0 Å². The lowest BCUT2D eigenvalue weighted by atomic mass is 10.0. The quantitative estimate of drug-likeness (QED) is 0.633. The summed E-state index contributed by atoms with van der Waals surface area (Å²) in [4.78, 5) is 25.1. The van der Waals surface area contributed by atoms with Gasteiger partial charge in [0.1, 0.15) is 0 Å². The summed E-state index contributed by atoms with van der Waals surface area (Å²) < 4.78 is 0. The van der Waals surface area contributed by atoms with Gasteiger partial charge in [0, 0.05) is 13.0 Å². The molecule has 146 valence electrons. The van der Waals surface area contributed by atoms with Crippen molar-refractivity contribution in [2.24, 2.45) is 5.92 Å². The molecule has 4 nitrogen and oxygen atoms in total. The fraction of sp³-hybridized carbons (Fsp3) is 0.478. The van der Waals surface area contributed by atoms with Crippen LogP contribution in [0.3, 0.4) is 0 Å². The zero-order chi connectivity index (χ0) is 19.8. The van der Waals surface area contributed by atoms with Gasteiger partial charge in [0.05, 0.1) is 11.6 Å². The number of carboxylic acid groups (broad SMARTS) is 1. The van der Waals surface area contributed by atoms with E-state index in [4.69, 9.17) is 5.11 Å². The topological polar surface area (TPSA) is 57.6 Å². The van der Waals surface area contributed by atoms with Crippen molar-refractivity contribution in [1.29, 1.82) is 0 Å². The number of carbonyl (C=O) groups is 2. The maximum Gasteiger partial charge on any atom is 0.335 e. The van der Waals surface area contributed by atoms with E-state index in [-0.39, 0.29) is 17.5 Å². The van der Waals surface area contributed by atoms with E-state index in [1.54, 1.807) is 12.1 Å². The number of carboxylic acids is 1. The highest BCUT2D eigenvalue weighted by Crippen LogP contribution is 2.21. The summed E-state index contributed by atoms with van der Waals surface area (Å²) in [6.45, 7) is 7.29. The Labute approximate surface area is 162 Å². The van der Waals surface area contributed by atoms with Crippen LogP contribution in [0.2, 0.25) is 0 Å². The highest BCUT2D eigenvalue weighted by Gasteiger charge is 2.28. The molecule has 1 amide bonds. The van der Waals surface area contributed by atoms with Crippen LogP contribution < -0.4 is 0 Å². The summed E-state index contributed by atoms with van der Waals surface area (Å²) in [6.07, 6.45) is 10.9. The first kappa shape index (κ1) is 20.9. The minimum atomic E-state index is -0.918. The molecule has 0 unspecified atom stereocenters. The molecular weight excluding hydrogens is 338 g/mol. The van der Waals surface area contributed by atoms with Gasteiger partial charge in [-0.25, -0.2) is 4.79 Å². The van der Waals surface area contributed by atoms with Crippen molar-refractivity contribution in [1.82, 2.24) is 4.90 Å². The second-order valence-electron chi connectivity index (χ2n) is 7.78. The maximum atomic E-state index is 12.2. The third-order valence-corrected chi connectivity index (χ3v) is 5.05. The predicted octanol–water partition coefficient (Wildman–Crippen LogP) is 4.86. The van der Waals surface area contributed by atoms with Gasteiger partial charge in [-0.2, -0.15) is 0 Å². The van der Waals surface area contributed by atoms with Crippen molar-refractivity contribution in [2.45, 2.75) is 58.9 Å². The molecule has 27 heavy (non-hydrogen) atoms. The highest BCUT2D eigenvalue weighted by atomic mass is 16.4. The number of hydrogen-bond acceptors (Lipinski definition) is 2. The minimum Gasteiger partial charge on any atom is -0.478 e. The summed E-state index contributed by atoms with van der Waals surface area (Å²) in [5.74, 6) is -0.00429. The molecule has 1 aliphatic heterocycles. The minimum absolute atomic E-state index is 0.157. The van der Waals surface area contributed by atoms with E-state index in [9.17, 15) is 9.59 Å². The van der Waals surface area contributed by atoms with Gasteiger partial charge in [0.2, 0.25) is 5.91 Å². The van der Waals surface area contributed by atoms with Gasteiger partial charge < -0.3 is 10.0 Å². The van der Waals surface area contributed by atoms with Gasteiger partial charge in [-0.05, 0) is 56.2 Å². The number of hydrogen-bond donors (Lipinski definition) is 1. The molecule has 4 heteroatoms. The normalized spacial score (nSPS) is 18.1. The first-order chi connectivity index (χ1) is 12.9. The van der Waals surface area contributed by atoms with E-state index in [1.165, 1.54) is 12.0 Å². The molecule has 0 aromatic heterocycles. The molecule has 1 aliphatic rings. The molecule has 1 aromatic carbocycles. The molecule has 1 fully saturated rings. The van der Waals surface area contributed by atoms with E-state index >= 15 is 0 Å².